The van der Waals surface area contributed by atoms with Crippen molar-refractivity contribution in [2.24, 2.45) is 0 Å². The number of nitrogens with one attached hydrogen (secondary N) is 2. The van der Waals surface area contributed by atoms with Gasteiger partial charge in [-0.1, -0.05) is 103 Å². The van der Waals surface area contributed by atoms with E-state index < -0.39 is 16.1 Å². The van der Waals surface area contributed by atoms with Crippen molar-refractivity contribution in [1.29, 1.82) is 0 Å². The van der Waals surface area contributed by atoms with Crippen LogP contribution in [0.2, 0.25) is 5.02 Å². The van der Waals surface area contributed by atoms with Crippen LogP contribution in [0.5, 0.6) is 0 Å². The molecule has 43 heavy (non-hydrogen) atoms. The van der Waals surface area contributed by atoms with Crippen LogP contribution in [0.1, 0.15) is 47.6 Å². The number of nitrogens with zero attached hydrogens (tertiary/aromatic N) is 1. The number of amides is 2. The first-order valence-corrected chi connectivity index (χ1v) is 16.2. The van der Waals surface area contributed by atoms with E-state index in [4.69, 9.17) is 11.6 Å². The number of hydrogen-bond acceptors (Lipinski definition) is 4. The van der Waals surface area contributed by atoms with E-state index >= 15 is 0 Å². The largest absolute Gasteiger partial charge is 0.350 e. The van der Waals surface area contributed by atoms with E-state index in [0.29, 0.717) is 17.0 Å². The maximum atomic E-state index is 13.9. The van der Waals surface area contributed by atoms with Crippen LogP contribution in [-0.4, -0.2) is 31.2 Å². The normalized spacial score (nSPS) is 13.7. The monoisotopic (exact) mass is 615 g/mol. The van der Waals surface area contributed by atoms with Crippen molar-refractivity contribution >= 4 is 33.4 Å². The number of carbonyl (C=O) groups excluding carboxylic acids is 2. The first-order chi connectivity index (χ1) is 20.8. The van der Waals surface area contributed by atoms with Gasteiger partial charge in [-0.05, 0) is 59.7 Å². The summed E-state index contributed by atoms with van der Waals surface area (Å²) >= 11 is 6.33. The lowest BCUT2D eigenvalue weighted by Crippen LogP contribution is -2.43. The number of hydrogen-bond donors (Lipinski definition) is 2. The molecule has 0 spiro atoms. The molecule has 2 amide bonds. The minimum atomic E-state index is -3.55. The molecule has 5 rings (SSSR count). The first kappa shape index (κ1) is 30.5. The molecule has 0 heterocycles. The van der Waals surface area contributed by atoms with Crippen molar-refractivity contribution in [2.75, 3.05) is 0 Å². The number of rotatable bonds is 13. The summed E-state index contributed by atoms with van der Waals surface area (Å²) in [6.45, 7) is 0.461. The lowest BCUT2D eigenvalue weighted by molar-refractivity contribution is -0.141. The lowest BCUT2D eigenvalue weighted by atomic mass is 10.0. The van der Waals surface area contributed by atoms with E-state index in [-0.39, 0.29) is 42.3 Å². The number of halogens is 1. The van der Waals surface area contributed by atoms with Gasteiger partial charge in [0.05, 0.1) is 4.90 Å². The second-order valence-electron chi connectivity index (χ2n) is 10.7. The minimum absolute atomic E-state index is 0.0253. The molecule has 0 aliphatic heterocycles. The van der Waals surface area contributed by atoms with E-state index in [2.05, 4.69) is 10.0 Å². The molecule has 0 unspecified atom stereocenters. The van der Waals surface area contributed by atoms with E-state index in [0.717, 1.165) is 29.5 Å². The van der Waals surface area contributed by atoms with Gasteiger partial charge in [0.1, 0.15) is 6.04 Å². The standard InChI is InChI=1S/C34H34ClN3O4S/c35-31-14-8-7-13-28(31)23-36-34(40)33(27-11-5-2-6-12-27)38(24-26-9-3-1-4-10-26)32(39)22-17-25-15-20-30(21-16-25)43(41,42)37-29-18-19-29/h1-16,20-21,29,33,37H,17-19,22-24H2,(H,36,40)/t33-/m0/s1. The van der Waals surface area contributed by atoms with E-state index in [1.165, 1.54) is 0 Å². The van der Waals surface area contributed by atoms with Crippen molar-refractivity contribution in [3.8, 4) is 0 Å². The van der Waals surface area contributed by atoms with Gasteiger partial charge >= 0.3 is 0 Å². The zero-order valence-corrected chi connectivity index (χ0v) is 25.2. The number of sulfonamides is 1. The highest BCUT2D eigenvalue weighted by Gasteiger charge is 2.32. The number of benzene rings is 4. The average Bonchev–Trinajstić information content (AvgIpc) is 3.84. The quantitative estimate of drug-likeness (QED) is 0.199. The van der Waals surface area contributed by atoms with Gasteiger partial charge in [0, 0.05) is 30.6 Å². The van der Waals surface area contributed by atoms with Gasteiger partial charge in [0.25, 0.3) is 0 Å². The molecule has 1 aliphatic rings. The molecule has 222 valence electrons. The molecule has 0 bridgehead atoms. The summed E-state index contributed by atoms with van der Waals surface area (Å²) < 4.78 is 27.8. The topological polar surface area (TPSA) is 95.6 Å². The zero-order chi connectivity index (χ0) is 30.2. The van der Waals surface area contributed by atoms with Crippen LogP contribution in [0.15, 0.2) is 114 Å². The average molecular weight is 616 g/mol. The molecular formula is C34H34ClN3O4S. The van der Waals surface area contributed by atoms with E-state index in [9.17, 15) is 18.0 Å². The summed E-state index contributed by atoms with van der Waals surface area (Å²) in [4.78, 5) is 29.6. The Balaban J connectivity index is 1.36. The Morgan fingerprint density at radius 3 is 2.09 bits per heavy atom. The van der Waals surface area contributed by atoms with Crippen LogP contribution in [-0.2, 0) is 39.1 Å². The molecule has 1 atom stereocenters. The van der Waals surface area contributed by atoms with Gasteiger partial charge in [-0.2, -0.15) is 0 Å². The second kappa shape index (κ2) is 14.0. The summed E-state index contributed by atoms with van der Waals surface area (Å²) in [5, 5.41) is 3.55. The fraction of sp³-hybridized carbons (Fsp3) is 0.235. The molecule has 2 N–H and O–H groups in total. The summed E-state index contributed by atoms with van der Waals surface area (Å²) in [6, 6.07) is 31.9. The third-order valence-corrected chi connectivity index (χ3v) is 9.27. The summed E-state index contributed by atoms with van der Waals surface area (Å²) in [6.07, 6.45) is 2.26. The molecule has 4 aromatic carbocycles. The van der Waals surface area contributed by atoms with Crippen LogP contribution in [0.25, 0.3) is 0 Å². The molecule has 0 radical (unpaired) electrons. The molecule has 4 aromatic rings. The smallest absolute Gasteiger partial charge is 0.247 e. The summed E-state index contributed by atoms with van der Waals surface area (Å²) in [7, 11) is -3.55. The van der Waals surface area contributed by atoms with Crippen LogP contribution >= 0.6 is 11.6 Å². The lowest BCUT2D eigenvalue weighted by Gasteiger charge is -2.32. The van der Waals surface area contributed by atoms with Crippen molar-refractivity contribution < 1.29 is 18.0 Å². The number of carbonyl (C=O) groups is 2. The first-order valence-electron chi connectivity index (χ1n) is 14.3. The fourth-order valence-electron chi connectivity index (χ4n) is 4.85. The highest BCUT2D eigenvalue weighted by Crippen LogP contribution is 2.26. The molecule has 1 aliphatic carbocycles. The van der Waals surface area contributed by atoms with Crippen molar-refractivity contribution in [1.82, 2.24) is 14.9 Å². The molecule has 0 saturated heterocycles. The summed E-state index contributed by atoms with van der Waals surface area (Å²) in [5.41, 5.74) is 3.20. The van der Waals surface area contributed by atoms with Crippen molar-refractivity contribution in [3.05, 3.63) is 136 Å². The Hall–Kier alpha value is -3.98. The summed E-state index contributed by atoms with van der Waals surface area (Å²) in [5.74, 6) is -0.508. The van der Waals surface area contributed by atoms with Crippen molar-refractivity contribution in [3.63, 3.8) is 0 Å². The maximum Gasteiger partial charge on any atom is 0.247 e. The molecule has 1 fully saturated rings. The highest BCUT2D eigenvalue weighted by atomic mass is 35.5. The zero-order valence-electron chi connectivity index (χ0n) is 23.7. The molecular weight excluding hydrogens is 582 g/mol. The van der Waals surface area contributed by atoms with E-state index in [1.807, 2.05) is 78.9 Å². The molecule has 7 nitrogen and oxygen atoms in total. The van der Waals surface area contributed by atoms with E-state index in [1.54, 1.807) is 35.2 Å². The van der Waals surface area contributed by atoms with Gasteiger partial charge in [-0.25, -0.2) is 13.1 Å². The Morgan fingerprint density at radius 1 is 0.814 bits per heavy atom. The van der Waals surface area contributed by atoms with Gasteiger partial charge in [0.2, 0.25) is 21.8 Å². The van der Waals surface area contributed by atoms with Crippen LogP contribution < -0.4 is 10.0 Å². The third-order valence-electron chi connectivity index (χ3n) is 7.36. The van der Waals surface area contributed by atoms with Gasteiger partial charge < -0.3 is 10.2 Å². The third kappa shape index (κ3) is 8.32. The van der Waals surface area contributed by atoms with Crippen LogP contribution in [0.3, 0.4) is 0 Å². The van der Waals surface area contributed by atoms with Crippen LogP contribution in [0, 0.1) is 0 Å². The van der Waals surface area contributed by atoms with Gasteiger partial charge in [0.15, 0.2) is 0 Å². The second-order valence-corrected chi connectivity index (χ2v) is 12.8. The van der Waals surface area contributed by atoms with Crippen LogP contribution in [0.4, 0.5) is 0 Å². The Labute approximate surface area is 257 Å². The SMILES string of the molecule is O=C(NCc1ccccc1Cl)[C@H](c1ccccc1)N(Cc1ccccc1)C(=O)CCc1ccc(S(=O)(=O)NC2CC2)cc1. The Bertz CT molecular complexity index is 1640. The highest BCUT2D eigenvalue weighted by molar-refractivity contribution is 7.89. The molecule has 9 heteroatoms. The predicted octanol–water partition coefficient (Wildman–Crippen LogP) is 5.80. The van der Waals surface area contributed by atoms with Gasteiger partial charge in [-0.3, -0.25) is 9.59 Å². The fourth-order valence-corrected chi connectivity index (χ4v) is 6.36. The number of aryl methyl sites for hydroxylation is 1. The maximum absolute atomic E-state index is 13.9. The Morgan fingerprint density at radius 2 is 1.44 bits per heavy atom. The van der Waals surface area contributed by atoms with Crippen molar-refractivity contribution in [2.45, 2.75) is 55.8 Å². The molecule has 1 saturated carbocycles. The van der Waals surface area contributed by atoms with Gasteiger partial charge in [-0.15, -0.1) is 0 Å². The Kier molecular flexibility index (Phi) is 9.92. The minimum Gasteiger partial charge on any atom is -0.350 e. The predicted molar refractivity (Wildman–Crippen MR) is 168 cm³/mol. The molecule has 0 aromatic heterocycles.